The molecular formula is C17H17N3O3S2. The number of thiazole rings is 1. The Hall–Kier alpha value is -2.29. The smallest absolute Gasteiger partial charge is 0.279 e. The molecule has 0 spiro atoms. The first-order valence-corrected chi connectivity index (χ1v) is 9.72. The number of hydrogen-bond donors (Lipinski definition) is 0. The summed E-state index contributed by atoms with van der Waals surface area (Å²) in [5.41, 5.74) is 1.23. The molecule has 0 bridgehead atoms. The molecule has 6 nitrogen and oxygen atoms in total. The summed E-state index contributed by atoms with van der Waals surface area (Å²) in [5, 5.41) is 0. The Morgan fingerprint density at radius 2 is 1.84 bits per heavy atom. The van der Waals surface area contributed by atoms with Gasteiger partial charge >= 0.3 is 0 Å². The van der Waals surface area contributed by atoms with Crippen LogP contribution in [0.5, 0.6) is 0 Å². The van der Waals surface area contributed by atoms with Gasteiger partial charge in [0.15, 0.2) is 4.80 Å². The molecule has 1 amide bonds. The van der Waals surface area contributed by atoms with E-state index in [9.17, 15) is 13.2 Å². The van der Waals surface area contributed by atoms with E-state index in [1.807, 2.05) is 35.9 Å². The van der Waals surface area contributed by atoms with E-state index >= 15 is 0 Å². The third-order valence-corrected chi connectivity index (χ3v) is 6.70. The van der Waals surface area contributed by atoms with Crippen molar-refractivity contribution in [1.29, 1.82) is 0 Å². The number of benzene rings is 2. The van der Waals surface area contributed by atoms with E-state index in [0.717, 1.165) is 14.5 Å². The summed E-state index contributed by atoms with van der Waals surface area (Å²) in [4.78, 5) is 17.3. The van der Waals surface area contributed by atoms with Gasteiger partial charge < -0.3 is 4.57 Å². The van der Waals surface area contributed by atoms with Crippen LogP contribution in [0, 0.1) is 0 Å². The fourth-order valence-corrected chi connectivity index (χ4v) is 4.30. The van der Waals surface area contributed by atoms with E-state index in [4.69, 9.17) is 0 Å². The molecule has 0 saturated carbocycles. The van der Waals surface area contributed by atoms with Gasteiger partial charge in [-0.05, 0) is 30.3 Å². The summed E-state index contributed by atoms with van der Waals surface area (Å²) in [7, 11) is 1.15. The molecule has 0 aliphatic carbocycles. The van der Waals surface area contributed by atoms with Crippen LogP contribution in [0.4, 0.5) is 0 Å². The topological polar surface area (TPSA) is 71.7 Å². The maximum absolute atomic E-state index is 12.5. The quantitative estimate of drug-likeness (QED) is 0.705. The second kappa shape index (κ2) is 6.55. The van der Waals surface area contributed by atoms with Crippen LogP contribution in [0.25, 0.3) is 10.2 Å². The van der Waals surface area contributed by atoms with Crippen LogP contribution in [0.1, 0.15) is 10.4 Å². The van der Waals surface area contributed by atoms with E-state index in [0.29, 0.717) is 4.80 Å². The third-order valence-electron chi connectivity index (χ3n) is 3.77. The summed E-state index contributed by atoms with van der Waals surface area (Å²) >= 11 is 1.41. The molecule has 0 unspecified atom stereocenters. The predicted molar refractivity (Wildman–Crippen MR) is 98.0 cm³/mol. The van der Waals surface area contributed by atoms with Crippen molar-refractivity contribution in [3.63, 3.8) is 0 Å². The number of carbonyl (C=O) groups excluding carboxylic acids is 1. The maximum atomic E-state index is 12.5. The Balaban J connectivity index is 2.05. The lowest BCUT2D eigenvalue weighted by atomic mass is 10.2. The molecule has 3 rings (SSSR count). The number of aryl methyl sites for hydroxylation is 1. The Labute approximate surface area is 149 Å². The van der Waals surface area contributed by atoms with Gasteiger partial charge in [-0.15, -0.1) is 0 Å². The summed E-state index contributed by atoms with van der Waals surface area (Å²) < 4.78 is 28.4. The molecule has 1 aromatic heterocycles. The van der Waals surface area contributed by atoms with Crippen molar-refractivity contribution in [2.45, 2.75) is 4.90 Å². The van der Waals surface area contributed by atoms with Crippen molar-refractivity contribution in [3.05, 3.63) is 58.9 Å². The van der Waals surface area contributed by atoms with Gasteiger partial charge in [0.25, 0.3) is 5.91 Å². The number of carbonyl (C=O) groups is 1. The number of nitrogens with zero attached hydrogens (tertiary/aromatic N) is 3. The number of sulfonamides is 1. The second-order valence-corrected chi connectivity index (χ2v) is 8.80. The lowest BCUT2D eigenvalue weighted by Crippen LogP contribution is -2.22. The van der Waals surface area contributed by atoms with E-state index in [-0.39, 0.29) is 10.5 Å². The highest BCUT2D eigenvalue weighted by molar-refractivity contribution is 7.89. The normalized spacial score (nSPS) is 12.9. The zero-order valence-electron chi connectivity index (χ0n) is 14.0. The van der Waals surface area contributed by atoms with Gasteiger partial charge in [0.05, 0.1) is 15.1 Å². The van der Waals surface area contributed by atoms with Crippen LogP contribution in [0.15, 0.2) is 58.4 Å². The zero-order chi connectivity index (χ0) is 18.2. The fourth-order valence-electron chi connectivity index (χ4n) is 2.34. The average molecular weight is 375 g/mol. The summed E-state index contributed by atoms with van der Waals surface area (Å²) in [6.07, 6.45) is 0. The number of fused-ring (bicyclic) bond motifs is 1. The minimum atomic E-state index is -3.60. The van der Waals surface area contributed by atoms with Crippen LogP contribution in [0.3, 0.4) is 0 Å². The Morgan fingerprint density at radius 3 is 2.52 bits per heavy atom. The number of hydrogen-bond acceptors (Lipinski definition) is 4. The largest absolute Gasteiger partial charge is 0.319 e. The van der Waals surface area contributed by atoms with Gasteiger partial charge in [-0.25, -0.2) is 12.7 Å². The molecule has 2 aromatic carbocycles. The molecule has 25 heavy (non-hydrogen) atoms. The number of aromatic nitrogens is 1. The molecular weight excluding hydrogens is 358 g/mol. The number of rotatable bonds is 3. The van der Waals surface area contributed by atoms with Gasteiger partial charge in [-0.2, -0.15) is 4.99 Å². The van der Waals surface area contributed by atoms with Crippen molar-refractivity contribution in [1.82, 2.24) is 8.87 Å². The van der Waals surface area contributed by atoms with Crippen LogP contribution >= 0.6 is 11.3 Å². The Morgan fingerprint density at radius 1 is 1.12 bits per heavy atom. The first-order valence-electron chi connectivity index (χ1n) is 7.47. The molecule has 1 heterocycles. The van der Waals surface area contributed by atoms with Crippen LogP contribution in [-0.4, -0.2) is 37.3 Å². The lowest BCUT2D eigenvalue weighted by Gasteiger charge is -2.11. The Bertz CT molecular complexity index is 1130. The van der Waals surface area contributed by atoms with Gasteiger partial charge in [-0.3, -0.25) is 4.79 Å². The molecule has 0 aliphatic rings. The molecule has 8 heteroatoms. The zero-order valence-corrected chi connectivity index (χ0v) is 15.6. The predicted octanol–water partition coefficient (Wildman–Crippen LogP) is 2.23. The standard InChI is InChI=1S/C17H17N3O3S2/c1-19(2)25(22,23)13-8-6-7-12(11-13)16(21)18-17-20(3)14-9-4-5-10-15(14)24-17/h4-11H,1-3H3. The van der Waals surface area contributed by atoms with Gasteiger partial charge in [0, 0.05) is 26.7 Å². The minimum absolute atomic E-state index is 0.0688. The third kappa shape index (κ3) is 3.28. The van der Waals surface area contributed by atoms with Gasteiger partial charge in [0.1, 0.15) is 0 Å². The highest BCUT2D eigenvalue weighted by atomic mass is 32.2. The van der Waals surface area contributed by atoms with Gasteiger partial charge in [0.2, 0.25) is 10.0 Å². The highest BCUT2D eigenvalue weighted by Crippen LogP contribution is 2.17. The van der Waals surface area contributed by atoms with E-state index in [1.165, 1.54) is 37.6 Å². The summed E-state index contributed by atoms with van der Waals surface area (Å²) in [6, 6.07) is 13.7. The second-order valence-electron chi connectivity index (χ2n) is 5.64. The molecule has 0 saturated heterocycles. The van der Waals surface area contributed by atoms with E-state index in [2.05, 4.69) is 4.99 Å². The molecule has 130 valence electrons. The van der Waals surface area contributed by atoms with Crippen LogP contribution in [-0.2, 0) is 17.1 Å². The maximum Gasteiger partial charge on any atom is 0.279 e. The van der Waals surface area contributed by atoms with Crippen molar-refractivity contribution < 1.29 is 13.2 Å². The highest BCUT2D eigenvalue weighted by Gasteiger charge is 2.18. The van der Waals surface area contributed by atoms with Gasteiger partial charge in [-0.1, -0.05) is 29.5 Å². The van der Waals surface area contributed by atoms with Crippen molar-refractivity contribution in [3.8, 4) is 0 Å². The molecule has 0 atom stereocenters. The first-order chi connectivity index (χ1) is 11.8. The van der Waals surface area contributed by atoms with Crippen molar-refractivity contribution >= 4 is 37.5 Å². The molecule has 0 N–H and O–H groups in total. The van der Waals surface area contributed by atoms with Crippen LogP contribution in [0.2, 0.25) is 0 Å². The Kier molecular flexibility index (Phi) is 4.59. The van der Waals surface area contributed by atoms with E-state index < -0.39 is 15.9 Å². The SMILES string of the molecule is CN(C)S(=O)(=O)c1cccc(C(=O)N=c2sc3ccccc3n2C)c1. The van der Waals surface area contributed by atoms with Crippen molar-refractivity contribution in [2.75, 3.05) is 14.1 Å². The average Bonchev–Trinajstić information content (AvgIpc) is 2.91. The molecule has 0 fully saturated rings. The first kappa shape index (κ1) is 17.5. The van der Waals surface area contributed by atoms with Crippen LogP contribution < -0.4 is 4.80 Å². The minimum Gasteiger partial charge on any atom is -0.319 e. The molecule has 3 aromatic rings. The molecule has 0 aliphatic heterocycles. The fraction of sp³-hybridized carbons (Fsp3) is 0.176. The number of para-hydroxylation sites is 1. The van der Waals surface area contributed by atoms with E-state index in [1.54, 1.807) is 12.1 Å². The lowest BCUT2D eigenvalue weighted by molar-refractivity contribution is 0.0997. The van der Waals surface area contributed by atoms with Crippen molar-refractivity contribution in [2.24, 2.45) is 12.0 Å². The number of amides is 1. The monoisotopic (exact) mass is 375 g/mol. The summed E-state index contributed by atoms with van der Waals surface area (Å²) in [6.45, 7) is 0. The summed E-state index contributed by atoms with van der Waals surface area (Å²) in [5.74, 6) is -0.474. The molecule has 0 radical (unpaired) electrons.